The zero-order valence-corrected chi connectivity index (χ0v) is 18.2. The van der Waals surface area contributed by atoms with Crippen molar-refractivity contribution in [3.8, 4) is 5.75 Å². The van der Waals surface area contributed by atoms with Gasteiger partial charge in [-0.3, -0.25) is 4.79 Å². The predicted molar refractivity (Wildman–Crippen MR) is 117 cm³/mol. The number of ether oxygens (including phenoxy) is 1. The second-order valence-electron chi connectivity index (χ2n) is 6.17. The minimum atomic E-state index is -3.81. The number of aromatic nitrogens is 3. The summed E-state index contributed by atoms with van der Waals surface area (Å²) in [5.74, 6) is 0.404. The molecule has 0 aliphatic heterocycles. The Morgan fingerprint density at radius 2 is 2.03 bits per heavy atom. The maximum atomic E-state index is 12.6. The second-order valence-corrected chi connectivity index (χ2v) is 9.46. The second kappa shape index (κ2) is 8.60. The molecule has 12 heteroatoms. The monoisotopic (exact) mass is 463 g/mol. The summed E-state index contributed by atoms with van der Waals surface area (Å²) in [6, 6.07) is 10.3. The normalized spacial score (nSPS) is 11.8. The van der Waals surface area contributed by atoms with Crippen LogP contribution in [0.2, 0.25) is 0 Å². The lowest BCUT2D eigenvalue weighted by Crippen LogP contribution is -2.28. The lowest BCUT2D eigenvalue weighted by molar-refractivity contribution is -0.116. The summed E-state index contributed by atoms with van der Waals surface area (Å²) < 4.78 is 42.0. The molecule has 2 aromatic heterocycles. The third-order valence-electron chi connectivity index (χ3n) is 4.10. The molecule has 2 N–H and O–H groups in total. The van der Waals surface area contributed by atoms with E-state index in [1.807, 2.05) is 25.1 Å². The first-order valence-corrected chi connectivity index (χ1v) is 12.0. The molecule has 4 aromatic rings. The largest absolute Gasteiger partial charge is 0.494 e. The van der Waals surface area contributed by atoms with E-state index in [1.54, 1.807) is 12.1 Å². The van der Waals surface area contributed by atoms with Crippen molar-refractivity contribution in [3.05, 3.63) is 36.4 Å². The number of sulfonamides is 1. The maximum Gasteiger partial charge on any atom is 0.242 e. The van der Waals surface area contributed by atoms with Gasteiger partial charge in [-0.15, -0.1) is 0 Å². The van der Waals surface area contributed by atoms with Crippen molar-refractivity contribution in [2.24, 2.45) is 0 Å². The molecule has 9 nitrogen and oxygen atoms in total. The molecule has 0 bridgehead atoms. The summed E-state index contributed by atoms with van der Waals surface area (Å²) in [6.07, 6.45) is -0.0371. The number of hydrogen-bond acceptors (Lipinski definition) is 9. The lowest BCUT2D eigenvalue weighted by Gasteiger charge is -2.07. The van der Waals surface area contributed by atoms with Crippen molar-refractivity contribution >= 4 is 65.4 Å². The number of rotatable bonds is 8. The number of fused-ring (bicyclic) bond motifs is 2. The third kappa shape index (κ3) is 4.41. The number of carbonyl (C=O) groups is 1. The Labute approximate surface area is 180 Å². The first kappa shape index (κ1) is 20.6. The Kier molecular flexibility index (Phi) is 5.90. The Morgan fingerprint density at radius 1 is 1.17 bits per heavy atom. The summed E-state index contributed by atoms with van der Waals surface area (Å²) >= 11 is 2.28. The summed E-state index contributed by atoms with van der Waals surface area (Å²) in [6.45, 7) is 2.42. The zero-order chi connectivity index (χ0) is 21.1. The molecule has 2 heterocycles. The molecule has 0 saturated heterocycles. The first-order chi connectivity index (χ1) is 14.5. The molecule has 4 rings (SSSR count). The van der Waals surface area contributed by atoms with Crippen LogP contribution in [0, 0.1) is 0 Å². The van der Waals surface area contributed by atoms with Crippen molar-refractivity contribution in [1.29, 1.82) is 0 Å². The Bertz CT molecular complexity index is 1320. The van der Waals surface area contributed by atoms with Crippen LogP contribution < -0.4 is 14.8 Å². The number of anilines is 1. The maximum absolute atomic E-state index is 12.6. The van der Waals surface area contributed by atoms with E-state index in [0.717, 1.165) is 27.7 Å². The van der Waals surface area contributed by atoms with Gasteiger partial charge in [0, 0.05) is 13.0 Å². The van der Waals surface area contributed by atoms with Crippen LogP contribution in [0.1, 0.15) is 13.3 Å². The van der Waals surface area contributed by atoms with E-state index in [0.29, 0.717) is 22.8 Å². The van der Waals surface area contributed by atoms with Gasteiger partial charge < -0.3 is 10.1 Å². The standard InChI is InChI=1S/C18H17N5O4S3/c1-2-27-11-6-7-12-14(10-11)28-18(20-12)21-16(24)8-9-19-30(25,26)15-5-3-4-13-17(15)23-29-22-13/h3-7,10,19H,2,8-9H2,1H3,(H,20,21,24). The summed E-state index contributed by atoms with van der Waals surface area (Å²) in [5, 5.41) is 3.16. The highest BCUT2D eigenvalue weighted by Crippen LogP contribution is 2.29. The molecule has 30 heavy (non-hydrogen) atoms. The van der Waals surface area contributed by atoms with Gasteiger partial charge in [-0.2, -0.15) is 8.75 Å². The van der Waals surface area contributed by atoms with Crippen LogP contribution in [-0.4, -0.2) is 41.2 Å². The Hall–Kier alpha value is -2.67. The minimum Gasteiger partial charge on any atom is -0.494 e. The van der Waals surface area contributed by atoms with Gasteiger partial charge in [0.2, 0.25) is 15.9 Å². The molecule has 0 radical (unpaired) electrons. The van der Waals surface area contributed by atoms with Crippen LogP contribution >= 0.6 is 23.1 Å². The molecule has 0 spiro atoms. The van der Waals surface area contributed by atoms with Crippen LogP contribution in [-0.2, 0) is 14.8 Å². The van der Waals surface area contributed by atoms with Crippen LogP contribution in [0.25, 0.3) is 21.3 Å². The van der Waals surface area contributed by atoms with Crippen molar-refractivity contribution in [2.75, 3.05) is 18.5 Å². The van der Waals surface area contributed by atoms with Crippen molar-refractivity contribution in [3.63, 3.8) is 0 Å². The van der Waals surface area contributed by atoms with E-state index >= 15 is 0 Å². The number of amides is 1. The van der Waals surface area contributed by atoms with E-state index in [2.05, 4.69) is 23.8 Å². The molecule has 156 valence electrons. The predicted octanol–water partition coefficient (Wildman–Crippen LogP) is 3.01. The Balaban J connectivity index is 1.37. The number of nitrogens with zero attached hydrogens (tertiary/aromatic N) is 3. The fourth-order valence-corrected chi connectivity index (χ4v) is 5.48. The van der Waals surface area contributed by atoms with Gasteiger partial charge in [0.25, 0.3) is 0 Å². The van der Waals surface area contributed by atoms with Gasteiger partial charge >= 0.3 is 0 Å². The van der Waals surface area contributed by atoms with Crippen LogP contribution in [0.5, 0.6) is 5.75 Å². The number of carbonyl (C=O) groups excluding carboxylic acids is 1. The smallest absolute Gasteiger partial charge is 0.242 e. The molecule has 0 aliphatic rings. The zero-order valence-electron chi connectivity index (χ0n) is 15.8. The number of benzene rings is 2. The summed E-state index contributed by atoms with van der Waals surface area (Å²) in [5.41, 5.74) is 1.59. The molecule has 0 saturated carbocycles. The SMILES string of the molecule is CCOc1ccc2nc(NC(=O)CCNS(=O)(=O)c3cccc4nsnc34)sc2c1. The minimum absolute atomic E-state index is 0.0371. The van der Waals surface area contributed by atoms with Gasteiger partial charge in [-0.1, -0.05) is 17.4 Å². The van der Waals surface area contributed by atoms with Crippen LogP contribution in [0.15, 0.2) is 41.3 Å². The molecule has 0 aliphatic carbocycles. The van der Waals surface area contributed by atoms with E-state index in [1.165, 1.54) is 17.4 Å². The van der Waals surface area contributed by atoms with E-state index in [4.69, 9.17) is 4.74 Å². The molecular formula is C18H17N5O4S3. The average molecular weight is 464 g/mol. The van der Waals surface area contributed by atoms with Crippen LogP contribution in [0.4, 0.5) is 5.13 Å². The van der Waals surface area contributed by atoms with Gasteiger partial charge in [0.1, 0.15) is 21.7 Å². The van der Waals surface area contributed by atoms with E-state index < -0.39 is 10.0 Å². The van der Waals surface area contributed by atoms with E-state index in [9.17, 15) is 13.2 Å². The van der Waals surface area contributed by atoms with Crippen molar-refractivity contribution in [1.82, 2.24) is 18.5 Å². The highest BCUT2D eigenvalue weighted by Gasteiger charge is 2.19. The molecule has 0 fully saturated rings. The van der Waals surface area contributed by atoms with Crippen LogP contribution in [0.3, 0.4) is 0 Å². The van der Waals surface area contributed by atoms with Gasteiger partial charge in [0.15, 0.2) is 5.13 Å². The summed E-state index contributed by atoms with van der Waals surface area (Å²) in [4.78, 5) is 16.6. The van der Waals surface area contributed by atoms with Gasteiger partial charge in [0.05, 0.1) is 28.6 Å². The average Bonchev–Trinajstić information content (AvgIpc) is 3.33. The first-order valence-electron chi connectivity index (χ1n) is 9.00. The molecule has 1 amide bonds. The fourth-order valence-electron chi connectivity index (χ4n) is 2.77. The van der Waals surface area contributed by atoms with Gasteiger partial charge in [-0.05, 0) is 37.3 Å². The molecule has 2 aromatic carbocycles. The molecule has 0 unspecified atom stereocenters. The number of thiazole rings is 1. The highest BCUT2D eigenvalue weighted by molar-refractivity contribution is 7.89. The highest BCUT2D eigenvalue weighted by atomic mass is 32.2. The number of hydrogen-bond donors (Lipinski definition) is 2. The topological polar surface area (TPSA) is 123 Å². The van der Waals surface area contributed by atoms with E-state index in [-0.39, 0.29) is 23.8 Å². The van der Waals surface area contributed by atoms with Crippen molar-refractivity contribution in [2.45, 2.75) is 18.2 Å². The lowest BCUT2D eigenvalue weighted by atomic mass is 10.3. The molecule has 0 atom stereocenters. The molecular weight excluding hydrogens is 446 g/mol. The third-order valence-corrected chi connectivity index (χ3v) is 7.07. The summed E-state index contributed by atoms with van der Waals surface area (Å²) in [7, 11) is -3.81. The quantitative estimate of drug-likeness (QED) is 0.412. The fraction of sp³-hybridized carbons (Fsp3) is 0.222. The Morgan fingerprint density at radius 3 is 2.87 bits per heavy atom. The van der Waals surface area contributed by atoms with Gasteiger partial charge in [-0.25, -0.2) is 18.1 Å². The number of nitrogens with one attached hydrogen (secondary N) is 2. The van der Waals surface area contributed by atoms with Crippen molar-refractivity contribution < 1.29 is 17.9 Å².